The van der Waals surface area contributed by atoms with E-state index in [-0.39, 0.29) is 5.69 Å². The van der Waals surface area contributed by atoms with E-state index in [9.17, 15) is 9.59 Å². The molecule has 74 valence electrons. The van der Waals surface area contributed by atoms with Crippen LogP contribution >= 0.6 is 0 Å². The van der Waals surface area contributed by atoms with Crippen LogP contribution in [0.25, 0.3) is 0 Å². The van der Waals surface area contributed by atoms with Gasteiger partial charge in [0.2, 0.25) is 0 Å². The van der Waals surface area contributed by atoms with Crippen molar-refractivity contribution in [1.82, 2.24) is 10.3 Å². The van der Waals surface area contributed by atoms with Gasteiger partial charge < -0.3 is 5.73 Å². The number of hydrogen-bond acceptors (Lipinski definition) is 3. The molecule has 5 heteroatoms. The van der Waals surface area contributed by atoms with Gasteiger partial charge in [-0.15, -0.1) is 0 Å². The average molecular weight is 193 g/mol. The molecule has 0 atom stereocenters. The third kappa shape index (κ3) is 2.07. The SMILES string of the molecule is Cc1ccnc(C(=O)NC(N)=O)c1C. The lowest BCUT2D eigenvalue weighted by Crippen LogP contribution is -2.35. The van der Waals surface area contributed by atoms with Gasteiger partial charge in [0.25, 0.3) is 5.91 Å². The van der Waals surface area contributed by atoms with Gasteiger partial charge in [0.1, 0.15) is 5.69 Å². The second kappa shape index (κ2) is 3.87. The van der Waals surface area contributed by atoms with Crippen LogP contribution in [0.5, 0.6) is 0 Å². The Labute approximate surface area is 81.3 Å². The lowest BCUT2D eigenvalue weighted by Gasteiger charge is -2.05. The summed E-state index contributed by atoms with van der Waals surface area (Å²) in [5, 5.41) is 1.96. The van der Waals surface area contributed by atoms with Gasteiger partial charge in [-0.3, -0.25) is 15.1 Å². The van der Waals surface area contributed by atoms with Gasteiger partial charge in [-0.1, -0.05) is 0 Å². The first-order valence-electron chi connectivity index (χ1n) is 4.05. The van der Waals surface area contributed by atoms with Crippen LogP contribution in [-0.2, 0) is 0 Å². The van der Waals surface area contributed by atoms with E-state index in [4.69, 9.17) is 5.73 Å². The summed E-state index contributed by atoms with van der Waals surface area (Å²) in [4.78, 5) is 25.7. The standard InChI is InChI=1S/C9H11N3O2/c1-5-3-4-11-7(6(5)2)8(13)12-9(10)14/h3-4H,1-2H3,(H3,10,12,13,14). The number of amides is 3. The maximum Gasteiger partial charge on any atom is 0.319 e. The van der Waals surface area contributed by atoms with Gasteiger partial charge in [-0.2, -0.15) is 0 Å². The molecule has 1 rings (SSSR count). The summed E-state index contributed by atoms with van der Waals surface area (Å²) in [7, 11) is 0. The molecule has 0 aromatic carbocycles. The molecule has 3 amide bonds. The topological polar surface area (TPSA) is 85.1 Å². The molecule has 0 aliphatic carbocycles. The molecule has 3 N–H and O–H groups in total. The van der Waals surface area contributed by atoms with Crippen molar-refractivity contribution in [1.29, 1.82) is 0 Å². The number of imide groups is 1. The van der Waals surface area contributed by atoms with Crippen LogP contribution in [0.4, 0.5) is 4.79 Å². The van der Waals surface area contributed by atoms with Gasteiger partial charge in [0.15, 0.2) is 0 Å². The Bertz CT molecular complexity index is 388. The minimum Gasteiger partial charge on any atom is -0.351 e. The van der Waals surface area contributed by atoms with Gasteiger partial charge in [0, 0.05) is 6.20 Å². The fraction of sp³-hybridized carbons (Fsp3) is 0.222. The molecule has 0 fully saturated rings. The third-order valence-electron chi connectivity index (χ3n) is 1.93. The number of urea groups is 1. The van der Waals surface area contributed by atoms with Gasteiger partial charge in [-0.25, -0.2) is 4.79 Å². The van der Waals surface area contributed by atoms with Crippen molar-refractivity contribution in [2.75, 3.05) is 0 Å². The van der Waals surface area contributed by atoms with Crippen molar-refractivity contribution in [2.45, 2.75) is 13.8 Å². The summed E-state index contributed by atoms with van der Waals surface area (Å²) >= 11 is 0. The van der Waals surface area contributed by atoms with E-state index in [0.29, 0.717) is 0 Å². The average Bonchev–Trinajstić information content (AvgIpc) is 2.08. The Morgan fingerprint density at radius 2 is 2.07 bits per heavy atom. The number of carbonyl (C=O) groups is 2. The largest absolute Gasteiger partial charge is 0.351 e. The molecule has 0 unspecified atom stereocenters. The molecule has 14 heavy (non-hydrogen) atoms. The molecule has 0 radical (unpaired) electrons. The number of carbonyl (C=O) groups excluding carboxylic acids is 2. The number of pyridine rings is 1. The van der Waals surface area contributed by atoms with Crippen LogP contribution in [0.3, 0.4) is 0 Å². The summed E-state index contributed by atoms with van der Waals surface area (Å²) < 4.78 is 0. The lowest BCUT2D eigenvalue weighted by molar-refractivity contribution is 0.0960. The number of aryl methyl sites for hydroxylation is 1. The molecule has 1 heterocycles. The number of rotatable bonds is 1. The molecule has 0 saturated carbocycles. The Balaban J connectivity index is 3.01. The summed E-state index contributed by atoms with van der Waals surface area (Å²) in [5.41, 5.74) is 6.73. The molecule has 1 aromatic rings. The van der Waals surface area contributed by atoms with Crippen molar-refractivity contribution < 1.29 is 9.59 Å². The highest BCUT2D eigenvalue weighted by Crippen LogP contribution is 2.08. The molecular weight excluding hydrogens is 182 g/mol. The van der Waals surface area contributed by atoms with Crippen molar-refractivity contribution >= 4 is 11.9 Å². The number of aromatic nitrogens is 1. The van der Waals surface area contributed by atoms with Crippen LogP contribution in [0, 0.1) is 13.8 Å². The van der Waals surface area contributed by atoms with Crippen molar-refractivity contribution in [3.8, 4) is 0 Å². The van der Waals surface area contributed by atoms with Crippen LogP contribution in [0.15, 0.2) is 12.3 Å². The van der Waals surface area contributed by atoms with Crippen LogP contribution < -0.4 is 11.1 Å². The maximum atomic E-state index is 11.4. The minimum absolute atomic E-state index is 0.226. The maximum absolute atomic E-state index is 11.4. The van der Waals surface area contributed by atoms with Crippen molar-refractivity contribution in [2.24, 2.45) is 5.73 Å². The normalized spacial score (nSPS) is 9.57. The summed E-state index contributed by atoms with van der Waals surface area (Å²) in [6.07, 6.45) is 1.51. The number of hydrogen-bond donors (Lipinski definition) is 2. The van der Waals surface area contributed by atoms with E-state index >= 15 is 0 Å². The smallest absolute Gasteiger partial charge is 0.319 e. The molecule has 0 spiro atoms. The van der Waals surface area contributed by atoms with Gasteiger partial charge in [0.05, 0.1) is 0 Å². The van der Waals surface area contributed by atoms with Gasteiger partial charge >= 0.3 is 6.03 Å². The fourth-order valence-electron chi connectivity index (χ4n) is 1.03. The predicted octanol–water partition coefficient (Wildman–Crippen LogP) is 0.507. The summed E-state index contributed by atoms with van der Waals surface area (Å²) in [6.45, 7) is 3.62. The highest BCUT2D eigenvalue weighted by atomic mass is 16.2. The fourth-order valence-corrected chi connectivity index (χ4v) is 1.03. The number of nitrogens with one attached hydrogen (secondary N) is 1. The van der Waals surface area contributed by atoms with Crippen LogP contribution in [0.1, 0.15) is 21.6 Å². The first-order chi connectivity index (χ1) is 6.52. The predicted molar refractivity (Wildman–Crippen MR) is 50.8 cm³/mol. The highest BCUT2D eigenvalue weighted by Gasteiger charge is 2.12. The minimum atomic E-state index is -0.877. The Hall–Kier alpha value is -1.91. The van der Waals surface area contributed by atoms with E-state index in [2.05, 4.69) is 4.98 Å². The lowest BCUT2D eigenvalue weighted by atomic mass is 10.1. The van der Waals surface area contributed by atoms with Crippen molar-refractivity contribution in [3.05, 3.63) is 29.1 Å². The zero-order chi connectivity index (χ0) is 10.7. The second-order valence-corrected chi connectivity index (χ2v) is 2.92. The zero-order valence-corrected chi connectivity index (χ0v) is 8.00. The molecule has 0 bridgehead atoms. The van der Waals surface area contributed by atoms with Gasteiger partial charge in [-0.05, 0) is 31.0 Å². The highest BCUT2D eigenvalue weighted by molar-refractivity contribution is 6.03. The van der Waals surface area contributed by atoms with E-state index in [0.717, 1.165) is 11.1 Å². The van der Waals surface area contributed by atoms with Crippen molar-refractivity contribution in [3.63, 3.8) is 0 Å². The summed E-state index contributed by atoms with van der Waals surface area (Å²) in [5.74, 6) is -0.571. The summed E-state index contributed by atoms with van der Waals surface area (Å²) in [6, 6.07) is 0.911. The molecule has 5 nitrogen and oxygen atoms in total. The first kappa shape index (κ1) is 10.2. The zero-order valence-electron chi connectivity index (χ0n) is 8.00. The molecule has 1 aromatic heterocycles. The molecule has 0 saturated heterocycles. The molecular formula is C9H11N3O2. The monoisotopic (exact) mass is 193 g/mol. The second-order valence-electron chi connectivity index (χ2n) is 2.92. The van der Waals surface area contributed by atoms with E-state index in [1.165, 1.54) is 6.20 Å². The quantitative estimate of drug-likeness (QED) is 0.681. The number of nitrogens with two attached hydrogens (primary N) is 1. The van der Waals surface area contributed by atoms with E-state index in [1.54, 1.807) is 13.0 Å². The third-order valence-corrected chi connectivity index (χ3v) is 1.93. The number of primary amides is 1. The Morgan fingerprint density at radius 3 is 2.64 bits per heavy atom. The van der Waals surface area contributed by atoms with E-state index < -0.39 is 11.9 Å². The molecule has 0 aliphatic rings. The van der Waals surface area contributed by atoms with E-state index in [1.807, 2.05) is 12.2 Å². The van der Waals surface area contributed by atoms with Crippen LogP contribution in [0.2, 0.25) is 0 Å². The first-order valence-corrected chi connectivity index (χ1v) is 4.05. The Morgan fingerprint density at radius 1 is 1.43 bits per heavy atom. The van der Waals surface area contributed by atoms with Crippen LogP contribution in [-0.4, -0.2) is 16.9 Å². The Kier molecular flexibility index (Phi) is 2.81. The molecule has 0 aliphatic heterocycles. The number of nitrogens with zero attached hydrogens (tertiary/aromatic N) is 1.